The van der Waals surface area contributed by atoms with Crippen LogP contribution in [0, 0.1) is 0 Å². The van der Waals surface area contributed by atoms with Gasteiger partial charge in [0.25, 0.3) is 0 Å². The Morgan fingerprint density at radius 1 is 1.23 bits per heavy atom. The summed E-state index contributed by atoms with van der Waals surface area (Å²) in [5, 5.41) is 1.72. The van der Waals surface area contributed by atoms with E-state index in [0.29, 0.717) is 11.3 Å². The van der Waals surface area contributed by atoms with Gasteiger partial charge in [0.15, 0.2) is 10.9 Å². The molecule has 0 bridgehead atoms. The van der Waals surface area contributed by atoms with Crippen LogP contribution in [0.4, 0.5) is 0 Å². The summed E-state index contributed by atoms with van der Waals surface area (Å²) in [5.41, 5.74) is 2.63. The smallest absolute Gasteiger partial charge is 0.175 e. The van der Waals surface area contributed by atoms with Crippen molar-refractivity contribution in [2.75, 3.05) is 12.9 Å². The Morgan fingerprint density at radius 2 is 2.12 bits per heavy atom. The van der Waals surface area contributed by atoms with Crippen molar-refractivity contribution in [1.29, 1.82) is 0 Å². The van der Waals surface area contributed by atoms with E-state index in [-0.39, 0.29) is 5.78 Å². The van der Waals surface area contributed by atoms with Gasteiger partial charge in [-0.2, -0.15) is 0 Å². The van der Waals surface area contributed by atoms with Crippen molar-refractivity contribution < 1.29 is 9.53 Å². The fourth-order valence-corrected chi connectivity index (χ4v) is 3.72. The Kier molecular flexibility index (Phi) is 4.50. The number of carbonyl (C=O) groups is 1. The number of H-pyrrole nitrogens is 1. The van der Waals surface area contributed by atoms with Crippen LogP contribution in [0.15, 0.2) is 72.3 Å². The second kappa shape index (κ2) is 7.09. The zero-order valence-corrected chi connectivity index (χ0v) is 15.0. The minimum atomic E-state index is 0.0765. The average Bonchev–Trinajstić information content (AvgIpc) is 3.33. The SMILES string of the molecule is COc1cccc(-n2ccnc2SCC(=O)c2c[nH]c3ccccc23)c1. The Labute approximate surface area is 155 Å². The number of hydrogen-bond donors (Lipinski definition) is 1. The average molecular weight is 363 g/mol. The molecule has 0 fully saturated rings. The number of imidazole rings is 1. The van der Waals surface area contributed by atoms with Gasteiger partial charge in [-0.15, -0.1) is 0 Å². The number of thioether (sulfide) groups is 1. The summed E-state index contributed by atoms with van der Waals surface area (Å²) in [5.74, 6) is 1.18. The van der Waals surface area contributed by atoms with Crippen LogP contribution in [0.3, 0.4) is 0 Å². The number of Topliss-reactive ketones (excluding diaryl/α,β-unsaturated/α-hetero) is 1. The Bertz CT molecular complexity index is 1070. The highest BCUT2D eigenvalue weighted by Crippen LogP contribution is 2.25. The van der Waals surface area contributed by atoms with Gasteiger partial charge in [0, 0.05) is 41.1 Å². The molecular formula is C20H17N3O2S. The van der Waals surface area contributed by atoms with Crippen molar-refractivity contribution in [2.45, 2.75) is 5.16 Å². The quantitative estimate of drug-likeness (QED) is 0.409. The van der Waals surface area contributed by atoms with Gasteiger partial charge in [0.1, 0.15) is 5.75 Å². The first kappa shape index (κ1) is 16.5. The van der Waals surface area contributed by atoms with Crippen LogP contribution >= 0.6 is 11.8 Å². The number of carbonyl (C=O) groups excluding carboxylic acids is 1. The van der Waals surface area contributed by atoms with Crippen LogP contribution in [0.1, 0.15) is 10.4 Å². The topological polar surface area (TPSA) is 59.9 Å². The molecule has 0 saturated carbocycles. The number of methoxy groups -OCH3 is 1. The van der Waals surface area contributed by atoms with Crippen molar-refractivity contribution >= 4 is 28.4 Å². The molecule has 0 aliphatic rings. The minimum Gasteiger partial charge on any atom is -0.497 e. The molecule has 2 aromatic carbocycles. The predicted octanol–water partition coefficient (Wildman–Crippen LogP) is 4.34. The van der Waals surface area contributed by atoms with E-state index in [1.165, 1.54) is 11.8 Å². The van der Waals surface area contributed by atoms with Crippen LogP contribution in [0.2, 0.25) is 0 Å². The standard InChI is InChI=1S/C20H17N3O2S/c1-25-15-6-4-5-14(11-15)23-10-9-21-20(23)26-13-19(24)17-12-22-18-8-3-2-7-16(17)18/h2-12,22H,13H2,1H3. The van der Waals surface area contributed by atoms with Gasteiger partial charge in [-0.3, -0.25) is 9.36 Å². The molecule has 26 heavy (non-hydrogen) atoms. The van der Waals surface area contributed by atoms with E-state index in [2.05, 4.69) is 9.97 Å². The van der Waals surface area contributed by atoms with Crippen molar-refractivity contribution in [2.24, 2.45) is 0 Å². The highest BCUT2D eigenvalue weighted by atomic mass is 32.2. The highest BCUT2D eigenvalue weighted by Gasteiger charge is 2.14. The number of ether oxygens (including phenoxy) is 1. The van der Waals surface area contributed by atoms with E-state index in [0.717, 1.165) is 27.5 Å². The molecule has 0 amide bonds. The van der Waals surface area contributed by atoms with E-state index in [4.69, 9.17) is 4.74 Å². The lowest BCUT2D eigenvalue weighted by molar-refractivity contribution is 0.102. The first-order valence-electron chi connectivity index (χ1n) is 8.16. The van der Waals surface area contributed by atoms with Crippen LogP contribution in [0.5, 0.6) is 5.75 Å². The molecule has 2 heterocycles. The van der Waals surface area contributed by atoms with Crippen molar-refractivity contribution in [3.05, 3.63) is 72.7 Å². The second-order valence-electron chi connectivity index (χ2n) is 5.74. The summed E-state index contributed by atoms with van der Waals surface area (Å²) in [4.78, 5) is 20.2. The van der Waals surface area contributed by atoms with Gasteiger partial charge in [-0.1, -0.05) is 36.0 Å². The maximum absolute atomic E-state index is 12.7. The molecule has 2 aromatic heterocycles. The summed E-state index contributed by atoms with van der Waals surface area (Å²) in [6.07, 6.45) is 5.40. The predicted molar refractivity (Wildman–Crippen MR) is 103 cm³/mol. The Hall–Kier alpha value is -2.99. The molecule has 6 heteroatoms. The summed E-state index contributed by atoms with van der Waals surface area (Å²) in [6.45, 7) is 0. The van der Waals surface area contributed by atoms with Gasteiger partial charge < -0.3 is 9.72 Å². The lowest BCUT2D eigenvalue weighted by Crippen LogP contribution is -2.03. The van der Waals surface area contributed by atoms with Crippen molar-refractivity contribution in [3.63, 3.8) is 0 Å². The Morgan fingerprint density at radius 3 is 3.00 bits per heavy atom. The number of hydrogen-bond acceptors (Lipinski definition) is 4. The van der Waals surface area contributed by atoms with E-state index in [1.807, 2.05) is 59.3 Å². The zero-order valence-electron chi connectivity index (χ0n) is 14.2. The summed E-state index contributed by atoms with van der Waals surface area (Å²) in [6, 6.07) is 15.6. The fourth-order valence-electron chi connectivity index (χ4n) is 2.86. The number of benzene rings is 2. The van der Waals surface area contributed by atoms with E-state index in [9.17, 15) is 4.79 Å². The van der Waals surface area contributed by atoms with Crippen LogP contribution < -0.4 is 4.74 Å². The van der Waals surface area contributed by atoms with Crippen LogP contribution in [-0.2, 0) is 0 Å². The summed E-state index contributed by atoms with van der Waals surface area (Å²) in [7, 11) is 1.64. The fraction of sp³-hybridized carbons (Fsp3) is 0.100. The number of fused-ring (bicyclic) bond motifs is 1. The largest absolute Gasteiger partial charge is 0.497 e. The normalized spacial score (nSPS) is 11.0. The Balaban J connectivity index is 1.54. The number of para-hydroxylation sites is 1. The van der Waals surface area contributed by atoms with Crippen LogP contribution in [-0.4, -0.2) is 33.2 Å². The molecular weight excluding hydrogens is 346 g/mol. The molecule has 0 radical (unpaired) electrons. The van der Waals surface area contributed by atoms with Gasteiger partial charge >= 0.3 is 0 Å². The van der Waals surface area contributed by atoms with Crippen molar-refractivity contribution in [1.82, 2.24) is 14.5 Å². The third-order valence-corrected chi connectivity index (χ3v) is 5.13. The number of nitrogens with one attached hydrogen (secondary N) is 1. The molecule has 0 atom stereocenters. The maximum atomic E-state index is 12.7. The van der Waals surface area contributed by atoms with E-state index in [1.54, 1.807) is 19.5 Å². The summed E-state index contributed by atoms with van der Waals surface area (Å²) < 4.78 is 7.24. The lowest BCUT2D eigenvalue weighted by atomic mass is 10.1. The molecule has 1 N–H and O–H groups in total. The molecule has 0 aliphatic carbocycles. The zero-order chi connectivity index (χ0) is 17.9. The molecule has 0 spiro atoms. The van der Waals surface area contributed by atoms with E-state index < -0.39 is 0 Å². The molecule has 5 nitrogen and oxygen atoms in total. The lowest BCUT2D eigenvalue weighted by Gasteiger charge is -2.08. The molecule has 4 rings (SSSR count). The number of nitrogens with zero attached hydrogens (tertiary/aromatic N) is 2. The third-order valence-electron chi connectivity index (χ3n) is 4.16. The van der Waals surface area contributed by atoms with Gasteiger partial charge in [-0.25, -0.2) is 4.98 Å². The molecule has 4 aromatic rings. The first-order chi connectivity index (χ1) is 12.8. The molecule has 0 saturated heterocycles. The minimum absolute atomic E-state index is 0.0765. The number of aromatic amines is 1. The van der Waals surface area contributed by atoms with Gasteiger partial charge in [0.2, 0.25) is 0 Å². The van der Waals surface area contributed by atoms with Gasteiger partial charge in [-0.05, 0) is 18.2 Å². The van der Waals surface area contributed by atoms with Crippen LogP contribution in [0.25, 0.3) is 16.6 Å². The third kappa shape index (κ3) is 3.11. The highest BCUT2D eigenvalue weighted by molar-refractivity contribution is 7.99. The monoisotopic (exact) mass is 363 g/mol. The number of aromatic nitrogens is 3. The maximum Gasteiger partial charge on any atom is 0.175 e. The molecule has 0 unspecified atom stereocenters. The number of ketones is 1. The molecule has 0 aliphatic heterocycles. The first-order valence-corrected chi connectivity index (χ1v) is 9.15. The number of rotatable bonds is 6. The summed E-state index contributed by atoms with van der Waals surface area (Å²) >= 11 is 1.42. The molecule has 130 valence electrons. The van der Waals surface area contributed by atoms with Crippen molar-refractivity contribution in [3.8, 4) is 11.4 Å². The van der Waals surface area contributed by atoms with E-state index >= 15 is 0 Å². The van der Waals surface area contributed by atoms with Gasteiger partial charge in [0.05, 0.1) is 18.6 Å². The second-order valence-corrected chi connectivity index (χ2v) is 6.68.